The largest absolute Gasteiger partial charge is 0.478 e. The van der Waals surface area contributed by atoms with Crippen LogP contribution in [0.15, 0.2) is 60.7 Å². The maximum absolute atomic E-state index is 11.8. The van der Waals surface area contributed by atoms with Gasteiger partial charge in [0.2, 0.25) is 6.17 Å². The van der Waals surface area contributed by atoms with Gasteiger partial charge in [-0.05, 0) is 24.3 Å². The Kier molecular flexibility index (Phi) is 5.73. The van der Waals surface area contributed by atoms with Crippen molar-refractivity contribution < 1.29 is 19.5 Å². The number of amides is 4. The SMILES string of the molecule is O=C(Nc1ccccc1)NC(NC(=O)Nc1ccccc1)C(=O)O. The van der Waals surface area contributed by atoms with Crippen molar-refractivity contribution in [2.75, 3.05) is 10.6 Å². The molecule has 0 spiro atoms. The molecule has 0 bridgehead atoms. The van der Waals surface area contributed by atoms with Crippen molar-refractivity contribution in [1.82, 2.24) is 10.6 Å². The van der Waals surface area contributed by atoms with Crippen LogP contribution in [0, 0.1) is 0 Å². The minimum absolute atomic E-state index is 0.493. The van der Waals surface area contributed by atoms with Crippen LogP contribution in [0.5, 0.6) is 0 Å². The van der Waals surface area contributed by atoms with Gasteiger partial charge in [0.1, 0.15) is 0 Å². The number of urea groups is 2. The third-order valence-corrected chi connectivity index (χ3v) is 2.86. The first-order chi connectivity index (χ1) is 11.5. The van der Waals surface area contributed by atoms with E-state index in [-0.39, 0.29) is 0 Å². The van der Waals surface area contributed by atoms with Crippen LogP contribution in [0.4, 0.5) is 21.0 Å². The normalized spacial score (nSPS) is 9.88. The van der Waals surface area contributed by atoms with E-state index in [0.717, 1.165) is 0 Å². The molecule has 8 heteroatoms. The Labute approximate surface area is 137 Å². The van der Waals surface area contributed by atoms with Gasteiger partial charge in [-0.2, -0.15) is 0 Å². The zero-order chi connectivity index (χ0) is 17.4. The van der Waals surface area contributed by atoms with Crippen molar-refractivity contribution >= 4 is 29.4 Å². The molecule has 0 aliphatic carbocycles. The maximum atomic E-state index is 11.8. The summed E-state index contributed by atoms with van der Waals surface area (Å²) in [7, 11) is 0. The molecule has 2 aromatic carbocycles. The second-order valence-corrected chi connectivity index (χ2v) is 4.70. The Morgan fingerprint density at radius 3 is 1.42 bits per heavy atom. The number of carboxylic acid groups (broad SMARTS) is 1. The minimum atomic E-state index is -1.59. The van der Waals surface area contributed by atoms with E-state index in [1.165, 1.54) is 0 Å². The molecule has 0 aliphatic heterocycles. The first kappa shape index (κ1) is 16.8. The molecule has 0 aromatic heterocycles. The van der Waals surface area contributed by atoms with Crippen molar-refractivity contribution in [3.05, 3.63) is 60.7 Å². The zero-order valence-corrected chi connectivity index (χ0v) is 12.5. The molecule has 124 valence electrons. The summed E-state index contributed by atoms with van der Waals surface area (Å²) < 4.78 is 0. The molecule has 0 fully saturated rings. The number of carboxylic acids is 1. The number of carbonyl (C=O) groups excluding carboxylic acids is 2. The monoisotopic (exact) mass is 328 g/mol. The Morgan fingerprint density at radius 2 is 1.08 bits per heavy atom. The number of carbonyl (C=O) groups is 3. The highest BCUT2D eigenvalue weighted by Crippen LogP contribution is 2.05. The van der Waals surface area contributed by atoms with Crippen LogP contribution in [-0.4, -0.2) is 29.3 Å². The van der Waals surface area contributed by atoms with Crippen LogP contribution in [0.1, 0.15) is 0 Å². The van der Waals surface area contributed by atoms with Crippen molar-refractivity contribution in [3.63, 3.8) is 0 Å². The van der Waals surface area contributed by atoms with E-state index < -0.39 is 24.2 Å². The molecule has 5 N–H and O–H groups in total. The number of anilines is 2. The first-order valence-corrected chi connectivity index (χ1v) is 7.02. The summed E-state index contributed by atoms with van der Waals surface area (Å²) in [5.74, 6) is -1.40. The lowest BCUT2D eigenvalue weighted by Gasteiger charge is -2.17. The first-order valence-electron chi connectivity index (χ1n) is 7.02. The van der Waals surface area contributed by atoms with E-state index in [0.29, 0.717) is 11.4 Å². The number of aliphatic carboxylic acids is 1. The smallest absolute Gasteiger partial charge is 0.347 e. The van der Waals surface area contributed by atoms with E-state index in [9.17, 15) is 14.4 Å². The summed E-state index contributed by atoms with van der Waals surface area (Å²) in [5.41, 5.74) is 0.987. The standard InChI is InChI=1S/C16H16N4O4/c21-14(22)13(19-15(23)17-11-7-3-1-4-8-11)20-16(24)18-12-9-5-2-6-10-12/h1-10,13H,(H,21,22)(H2,17,19,23)(H2,18,20,24). The average molecular weight is 328 g/mol. The Morgan fingerprint density at radius 1 is 0.708 bits per heavy atom. The number of para-hydroxylation sites is 2. The van der Waals surface area contributed by atoms with E-state index >= 15 is 0 Å². The number of nitrogens with one attached hydrogen (secondary N) is 4. The van der Waals surface area contributed by atoms with Crippen LogP contribution in [0.2, 0.25) is 0 Å². The summed E-state index contributed by atoms with van der Waals surface area (Å²) in [6.07, 6.45) is -1.59. The van der Waals surface area contributed by atoms with E-state index in [2.05, 4.69) is 21.3 Å². The van der Waals surface area contributed by atoms with Crippen molar-refractivity contribution in [3.8, 4) is 0 Å². The summed E-state index contributed by atoms with van der Waals surface area (Å²) in [5, 5.41) is 18.4. The minimum Gasteiger partial charge on any atom is -0.478 e. The van der Waals surface area contributed by atoms with Crippen molar-refractivity contribution in [2.24, 2.45) is 0 Å². The molecule has 24 heavy (non-hydrogen) atoms. The molecule has 0 radical (unpaired) electrons. The Balaban J connectivity index is 1.90. The maximum Gasteiger partial charge on any atom is 0.347 e. The Bertz CT molecular complexity index is 651. The van der Waals surface area contributed by atoms with Gasteiger partial charge < -0.3 is 26.4 Å². The van der Waals surface area contributed by atoms with Crippen LogP contribution in [0.25, 0.3) is 0 Å². The second-order valence-electron chi connectivity index (χ2n) is 4.70. The second kappa shape index (κ2) is 8.18. The van der Waals surface area contributed by atoms with Gasteiger partial charge in [-0.3, -0.25) is 0 Å². The fourth-order valence-corrected chi connectivity index (χ4v) is 1.80. The number of rotatable bonds is 5. The Hall–Kier alpha value is -3.55. The molecular formula is C16H16N4O4. The predicted molar refractivity (Wildman–Crippen MR) is 88.6 cm³/mol. The molecule has 0 unspecified atom stereocenters. The third-order valence-electron chi connectivity index (χ3n) is 2.86. The third kappa shape index (κ3) is 5.34. The van der Waals surface area contributed by atoms with Gasteiger partial charge in [0, 0.05) is 11.4 Å². The fourth-order valence-electron chi connectivity index (χ4n) is 1.80. The molecule has 0 saturated heterocycles. The predicted octanol–water partition coefficient (Wildman–Crippen LogP) is 2.04. The van der Waals surface area contributed by atoms with Gasteiger partial charge in [0.05, 0.1) is 0 Å². The molecule has 2 rings (SSSR count). The van der Waals surface area contributed by atoms with E-state index in [1.54, 1.807) is 60.7 Å². The van der Waals surface area contributed by atoms with Gasteiger partial charge in [0.15, 0.2) is 0 Å². The topological polar surface area (TPSA) is 120 Å². The molecule has 2 aromatic rings. The molecule has 0 saturated carbocycles. The lowest BCUT2D eigenvalue weighted by atomic mass is 10.3. The van der Waals surface area contributed by atoms with Gasteiger partial charge in [-0.15, -0.1) is 0 Å². The summed E-state index contributed by atoms with van der Waals surface area (Å²) >= 11 is 0. The van der Waals surface area contributed by atoms with E-state index in [1.807, 2.05) is 0 Å². The van der Waals surface area contributed by atoms with Gasteiger partial charge in [-0.25, -0.2) is 14.4 Å². The molecule has 0 aliphatic rings. The van der Waals surface area contributed by atoms with Crippen LogP contribution < -0.4 is 21.3 Å². The van der Waals surface area contributed by atoms with Gasteiger partial charge in [0.25, 0.3) is 0 Å². The highest BCUT2D eigenvalue weighted by molar-refractivity contribution is 5.95. The zero-order valence-electron chi connectivity index (χ0n) is 12.5. The number of hydrogen-bond acceptors (Lipinski definition) is 3. The summed E-state index contributed by atoms with van der Waals surface area (Å²) in [6, 6.07) is 15.5. The number of benzene rings is 2. The highest BCUT2D eigenvalue weighted by Gasteiger charge is 2.22. The molecule has 0 atom stereocenters. The van der Waals surface area contributed by atoms with Crippen LogP contribution in [0.3, 0.4) is 0 Å². The molecule has 8 nitrogen and oxygen atoms in total. The molecular weight excluding hydrogens is 312 g/mol. The quantitative estimate of drug-likeness (QED) is 0.539. The summed E-state index contributed by atoms with van der Waals surface area (Å²) in [6.45, 7) is 0. The molecule has 0 heterocycles. The lowest BCUT2D eigenvalue weighted by Crippen LogP contribution is -2.54. The van der Waals surface area contributed by atoms with Gasteiger partial charge >= 0.3 is 18.0 Å². The van der Waals surface area contributed by atoms with Gasteiger partial charge in [-0.1, -0.05) is 36.4 Å². The lowest BCUT2D eigenvalue weighted by molar-refractivity contribution is -0.139. The van der Waals surface area contributed by atoms with Crippen LogP contribution >= 0.6 is 0 Å². The highest BCUT2D eigenvalue weighted by atomic mass is 16.4. The fraction of sp³-hybridized carbons (Fsp3) is 0.0625. The number of hydrogen-bond donors (Lipinski definition) is 5. The summed E-state index contributed by atoms with van der Waals surface area (Å²) in [4.78, 5) is 34.8. The van der Waals surface area contributed by atoms with Crippen LogP contribution in [-0.2, 0) is 4.79 Å². The average Bonchev–Trinajstić information content (AvgIpc) is 2.56. The molecule has 4 amide bonds. The van der Waals surface area contributed by atoms with Crippen molar-refractivity contribution in [1.29, 1.82) is 0 Å². The van der Waals surface area contributed by atoms with Crippen molar-refractivity contribution in [2.45, 2.75) is 6.17 Å². The van der Waals surface area contributed by atoms with E-state index in [4.69, 9.17) is 5.11 Å².